The Morgan fingerprint density at radius 2 is 2.00 bits per heavy atom. The second kappa shape index (κ2) is 6.67. The van der Waals surface area contributed by atoms with E-state index in [1.54, 1.807) is 0 Å². The molecule has 1 unspecified atom stereocenters. The molecule has 1 amide bonds. The summed E-state index contributed by atoms with van der Waals surface area (Å²) in [5.74, 6) is -2.00. The van der Waals surface area contributed by atoms with E-state index in [9.17, 15) is 9.59 Å². The largest absolute Gasteiger partial charge is 0.480 e. The summed E-state index contributed by atoms with van der Waals surface area (Å²) in [7, 11) is 0. The highest BCUT2D eigenvalue weighted by Gasteiger charge is 2.22. The first-order valence-corrected chi connectivity index (χ1v) is 6.28. The molecule has 0 aliphatic carbocycles. The minimum absolute atomic E-state index is 0.0826. The maximum atomic E-state index is 11.9. The Morgan fingerprint density at radius 1 is 1.29 bits per heavy atom. The molecular formula is C14H14N2O5. The molecule has 7 heteroatoms. The van der Waals surface area contributed by atoms with Gasteiger partial charge in [0.1, 0.15) is 11.7 Å². The van der Waals surface area contributed by atoms with Gasteiger partial charge in [-0.3, -0.25) is 4.79 Å². The monoisotopic (exact) mass is 290 g/mol. The van der Waals surface area contributed by atoms with Crippen LogP contribution in [0.15, 0.2) is 40.9 Å². The third-order valence-electron chi connectivity index (χ3n) is 2.82. The number of carbonyl (C=O) groups is 2. The zero-order chi connectivity index (χ0) is 15.2. The van der Waals surface area contributed by atoms with Gasteiger partial charge in [-0.25, -0.2) is 4.79 Å². The second-order valence-corrected chi connectivity index (χ2v) is 4.32. The highest BCUT2D eigenvalue weighted by molar-refractivity contribution is 5.95. The number of carbonyl (C=O) groups excluding carboxylic acids is 1. The van der Waals surface area contributed by atoms with Crippen LogP contribution >= 0.6 is 0 Å². The molecule has 3 N–H and O–H groups in total. The fraction of sp³-hybridized carbons (Fsp3) is 0.214. The number of amides is 1. The van der Waals surface area contributed by atoms with Gasteiger partial charge in [-0.15, -0.1) is 0 Å². The third kappa shape index (κ3) is 3.67. The standard InChI is InChI=1S/C14H14N2O5/c17-7-6-10(14(19)20)15-13(18)12-8-11(16-21-12)9-4-2-1-3-5-9/h1-5,8,10,17H,6-7H2,(H,15,18)(H,19,20). The Balaban J connectivity index is 2.10. The predicted molar refractivity (Wildman–Crippen MR) is 72.5 cm³/mol. The number of rotatable bonds is 6. The first-order chi connectivity index (χ1) is 10.1. The fourth-order valence-electron chi connectivity index (χ4n) is 1.74. The zero-order valence-electron chi connectivity index (χ0n) is 11.0. The van der Waals surface area contributed by atoms with Crippen LogP contribution in [0.5, 0.6) is 0 Å². The number of aromatic nitrogens is 1. The van der Waals surface area contributed by atoms with Gasteiger partial charge in [-0.1, -0.05) is 35.5 Å². The Labute approximate surface area is 120 Å². The van der Waals surface area contributed by atoms with Crippen molar-refractivity contribution in [1.82, 2.24) is 10.5 Å². The SMILES string of the molecule is O=C(NC(CCO)C(=O)O)c1cc(-c2ccccc2)no1. The lowest BCUT2D eigenvalue weighted by molar-refractivity contribution is -0.139. The van der Waals surface area contributed by atoms with Crippen LogP contribution < -0.4 is 5.32 Å². The number of carboxylic acids is 1. The van der Waals surface area contributed by atoms with Crippen molar-refractivity contribution in [2.24, 2.45) is 0 Å². The number of carboxylic acid groups (broad SMARTS) is 1. The fourth-order valence-corrected chi connectivity index (χ4v) is 1.74. The summed E-state index contributed by atoms with van der Waals surface area (Å²) in [5, 5.41) is 23.7. The van der Waals surface area contributed by atoms with E-state index in [-0.39, 0.29) is 18.8 Å². The second-order valence-electron chi connectivity index (χ2n) is 4.32. The molecule has 2 rings (SSSR count). The van der Waals surface area contributed by atoms with Crippen LogP contribution in [0, 0.1) is 0 Å². The number of hydrogen-bond acceptors (Lipinski definition) is 5. The van der Waals surface area contributed by atoms with Gasteiger partial charge in [0.15, 0.2) is 0 Å². The molecule has 110 valence electrons. The number of nitrogens with zero attached hydrogens (tertiary/aromatic N) is 1. The lowest BCUT2D eigenvalue weighted by Gasteiger charge is -2.11. The van der Waals surface area contributed by atoms with Crippen molar-refractivity contribution >= 4 is 11.9 Å². The molecule has 1 heterocycles. The molecule has 0 bridgehead atoms. The molecule has 0 radical (unpaired) electrons. The van der Waals surface area contributed by atoms with Crippen molar-refractivity contribution in [2.75, 3.05) is 6.61 Å². The van der Waals surface area contributed by atoms with E-state index in [4.69, 9.17) is 14.7 Å². The molecular weight excluding hydrogens is 276 g/mol. The molecule has 0 fully saturated rings. The van der Waals surface area contributed by atoms with Gasteiger partial charge in [-0.05, 0) is 0 Å². The van der Waals surface area contributed by atoms with Crippen molar-refractivity contribution in [3.05, 3.63) is 42.2 Å². The number of aliphatic carboxylic acids is 1. The van der Waals surface area contributed by atoms with Gasteiger partial charge in [-0.2, -0.15) is 0 Å². The maximum absolute atomic E-state index is 11.9. The molecule has 0 aliphatic heterocycles. The van der Waals surface area contributed by atoms with Crippen LogP contribution in [0.1, 0.15) is 17.0 Å². The van der Waals surface area contributed by atoms with E-state index < -0.39 is 17.9 Å². The molecule has 0 aliphatic rings. The van der Waals surface area contributed by atoms with E-state index in [1.807, 2.05) is 30.3 Å². The van der Waals surface area contributed by atoms with Crippen LogP contribution in [0.2, 0.25) is 0 Å². The van der Waals surface area contributed by atoms with E-state index in [1.165, 1.54) is 6.07 Å². The van der Waals surface area contributed by atoms with E-state index in [0.717, 1.165) is 5.56 Å². The minimum atomic E-state index is -1.22. The van der Waals surface area contributed by atoms with Crippen LogP contribution in [0.4, 0.5) is 0 Å². The molecule has 0 saturated carbocycles. The van der Waals surface area contributed by atoms with Crippen LogP contribution in [-0.2, 0) is 4.79 Å². The highest BCUT2D eigenvalue weighted by Crippen LogP contribution is 2.18. The molecule has 7 nitrogen and oxygen atoms in total. The van der Waals surface area contributed by atoms with Crippen LogP contribution in [0.3, 0.4) is 0 Å². The summed E-state index contributed by atoms with van der Waals surface area (Å²) in [6.07, 6.45) is -0.0826. The minimum Gasteiger partial charge on any atom is -0.480 e. The van der Waals surface area contributed by atoms with E-state index in [2.05, 4.69) is 10.5 Å². The summed E-state index contributed by atoms with van der Waals surface area (Å²) in [6, 6.07) is 9.38. The lowest BCUT2D eigenvalue weighted by atomic mass is 10.1. The van der Waals surface area contributed by atoms with Gasteiger partial charge in [0.05, 0.1) is 0 Å². The topological polar surface area (TPSA) is 113 Å². The molecule has 1 atom stereocenters. The van der Waals surface area contributed by atoms with Gasteiger partial charge in [0.25, 0.3) is 5.91 Å². The quantitative estimate of drug-likeness (QED) is 0.728. The molecule has 0 saturated heterocycles. The average molecular weight is 290 g/mol. The Bertz CT molecular complexity index is 623. The smallest absolute Gasteiger partial charge is 0.326 e. The van der Waals surface area contributed by atoms with Crippen molar-refractivity contribution in [3.63, 3.8) is 0 Å². The Hall–Kier alpha value is -2.67. The molecule has 1 aromatic heterocycles. The van der Waals surface area contributed by atoms with Gasteiger partial charge < -0.3 is 20.1 Å². The van der Waals surface area contributed by atoms with Crippen molar-refractivity contribution in [1.29, 1.82) is 0 Å². The molecule has 1 aromatic carbocycles. The summed E-state index contributed by atoms with van der Waals surface area (Å²) in [4.78, 5) is 22.8. The Morgan fingerprint density at radius 3 is 2.62 bits per heavy atom. The number of hydrogen-bond donors (Lipinski definition) is 3. The summed E-state index contributed by atoms with van der Waals surface area (Å²) >= 11 is 0. The average Bonchev–Trinajstić information content (AvgIpc) is 2.97. The lowest BCUT2D eigenvalue weighted by Crippen LogP contribution is -2.41. The zero-order valence-corrected chi connectivity index (χ0v) is 11.0. The first kappa shape index (κ1) is 14.7. The summed E-state index contributed by atoms with van der Waals surface area (Å²) in [6.45, 7) is -0.344. The van der Waals surface area contributed by atoms with Crippen molar-refractivity contribution < 1.29 is 24.3 Å². The molecule has 0 spiro atoms. The summed E-state index contributed by atoms with van der Waals surface area (Å²) in [5.41, 5.74) is 1.26. The van der Waals surface area contributed by atoms with Gasteiger partial charge in [0, 0.05) is 24.7 Å². The number of aliphatic hydroxyl groups is 1. The van der Waals surface area contributed by atoms with Gasteiger partial charge in [0.2, 0.25) is 5.76 Å². The highest BCUT2D eigenvalue weighted by atomic mass is 16.5. The van der Waals surface area contributed by atoms with Crippen molar-refractivity contribution in [2.45, 2.75) is 12.5 Å². The third-order valence-corrected chi connectivity index (χ3v) is 2.82. The number of benzene rings is 1. The molecule has 21 heavy (non-hydrogen) atoms. The maximum Gasteiger partial charge on any atom is 0.326 e. The molecule has 2 aromatic rings. The first-order valence-electron chi connectivity index (χ1n) is 6.28. The van der Waals surface area contributed by atoms with E-state index >= 15 is 0 Å². The van der Waals surface area contributed by atoms with Crippen LogP contribution in [0.25, 0.3) is 11.3 Å². The van der Waals surface area contributed by atoms with E-state index in [0.29, 0.717) is 5.69 Å². The number of aliphatic hydroxyl groups excluding tert-OH is 1. The van der Waals surface area contributed by atoms with Crippen LogP contribution in [-0.4, -0.2) is 39.9 Å². The number of nitrogens with one attached hydrogen (secondary N) is 1. The Kier molecular flexibility index (Phi) is 4.68. The summed E-state index contributed by atoms with van der Waals surface area (Å²) < 4.78 is 4.92. The predicted octanol–water partition coefficient (Wildman–Crippen LogP) is 0.907. The van der Waals surface area contributed by atoms with Gasteiger partial charge >= 0.3 is 5.97 Å². The van der Waals surface area contributed by atoms with Crippen molar-refractivity contribution in [3.8, 4) is 11.3 Å². The normalized spacial score (nSPS) is 11.9.